The van der Waals surface area contributed by atoms with Crippen molar-refractivity contribution in [2.24, 2.45) is 0 Å². The zero-order chi connectivity index (χ0) is 19.6. The van der Waals surface area contributed by atoms with E-state index in [9.17, 15) is 9.90 Å². The van der Waals surface area contributed by atoms with Gasteiger partial charge in [0, 0.05) is 30.1 Å². The highest BCUT2D eigenvalue weighted by molar-refractivity contribution is 5.85. The topological polar surface area (TPSA) is 45.5 Å². The lowest BCUT2D eigenvalue weighted by atomic mass is 10.0. The fourth-order valence-electron chi connectivity index (χ4n) is 3.73. The van der Waals surface area contributed by atoms with E-state index in [1.807, 2.05) is 0 Å². The summed E-state index contributed by atoms with van der Waals surface area (Å²) in [5.41, 5.74) is 2.38. The molecule has 0 bridgehead atoms. The van der Waals surface area contributed by atoms with E-state index in [1.54, 1.807) is 0 Å². The normalized spacial score (nSPS) is 12.7. The first-order valence-electron chi connectivity index (χ1n) is 10.7. The Bertz CT molecular complexity index is 699. The zero-order valence-corrected chi connectivity index (χ0v) is 17.3. The van der Waals surface area contributed by atoms with Gasteiger partial charge < -0.3 is 9.67 Å². The van der Waals surface area contributed by atoms with Gasteiger partial charge in [-0.25, -0.2) is 0 Å². The minimum Gasteiger partial charge on any atom is -0.480 e. The Hall–Kier alpha value is -1.81. The van der Waals surface area contributed by atoms with Crippen LogP contribution in [-0.4, -0.2) is 39.7 Å². The van der Waals surface area contributed by atoms with Gasteiger partial charge in [0.2, 0.25) is 0 Å². The van der Waals surface area contributed by atoms with Crippen LogP contribution >= 0.6 is 0 Å². The van der Waals surface area contributed by atoms with Crippen molar-refractivity contribution >= 4 is 16.9 Å². The standard InChI is InChI=1S/C23H36N2O2/c1-4-7-14-24(15-8-5-2)22(23(26)27)17-19-18-25(16-9-6-3)21-13-11-10-12-20(19)21/h10-13,18,22H,4-9,14-17H2,1-3H3,(H,26,27). The van der Waals surface area contributed by atoms with Gasteiger partial charge in [-0.1, -0.05) is 58.2 Å². The molecule has 1 heterocycles. The summed E-state index contributed by atoms with van der Waals surface area (Å²) in [6.45, 7) is 9.24. The van der Waals surface area contributed by atoms with Gasteiger partial charge in [-0.15, -0.1) is 0 Å². The number of carboxylic acids is 1. The molecule has 0 amide bonds. The molecule has 0 saturated heterocycles. The van der Waals surface area contributed by atoms with E-state index in [4.69, 9.17) is 0 Å². The summed E-state index contributed by atoms with van der Waals surface area (Å²) in [6.07, 6.45) is 9.32. The van der Waals surface area contributed by atoms with Gasteiger partial charge in [-0.3, -0.25) is 9.69 Å². The van der Waals surface area contributed by atoms with E-state index < -0.39 is 12.0 Å². The predicted octanol–water partition coefficient (Wildman–Crippen LogP) is 5.34. The van der Waals surface area contributed by atoms with Gasteiger partial charge in [0.1, 0.15) is 6.04 Å². The smallest absolute Gasteiger partial charge is 0.321 e. The highest BCUT2D eigenvalue weighted by Gasteiger charge is 2.26. The van der Waals surface area contributed by atoms with E-state index in [0.29, 0.717) is 6.42 Å². The molecule has 0 spiro atoms. The molecule has 150 valence electrons. The number of rotatable bonds is 13. The summed E-state index contributed by atoms with van der Waals surface area (Å²) in [7, 11) is 0. The lowest BCUT2D eigenvalue weighted by molar-refractivity contribution is -0.143. The lowest BCUT2D eigenvalue weighted by Gasteiger charge is -2.28. The first kappa shape index (κ1) is 21.5. The molecule has 0 aliphatic rings. The molecule has 4 nitrogen and oxygen atoms in total. The van der Waals surface area contributed by atoms with Crippen LogP contribution in [0.25, 0.3) is 10.9 Å². The maximum atomic E-state index is 12.1. The summed E-state index contributed by atoms with van der Waals surface area (Å²) in [5, 5.41) is 11.2. The van der Waals surface area contributed by atoms with Crippen molar-refractivity contribution in [3.05, 3.63) is 36.0 Å². The van der Waals surface area contributed by atoms with Crippen LogP contribution < -0.4 is 0 Å². The second kappa shape index (κ2) is 11.1. The Kier molecular flexibility index (Phi) is 8.86. The van der Waals surface area contributed by atoms with Gasteiger partial charge in [0.15, 0.2) is 0 Å². The molecule has 0 aliphatic heterocycles. The number of unbranched alkanes of at least 4 members (excludes halogenated alkanes) is 3. The minimum absolute atomic E-state index is 0.450. The fourth-order valence-corrected chi connectivity index (χ4v) is 3.73. The van der Waals surface area contributed by atoms with Crippen molar-refractivity contribution in [2.45, 2.75) is 78.3 Å². The molecule has 0 aliphatic carbocycles. The summed E-state index contributed by atoms with van der Waals surface area (Å²) < 4.78 is 2.30. The highest BCUT2D eigenvalue weighted by atomic mass is 16.4. The molecule has 1 atom stereocenters. The second-order valence-corrected chi connectivity index (χ2v) is 7.52. The number of carbonyl (C=O) groups is 1. The Balaban J connectivity index is 2.30. The quantitative estimate of drug-likeness (QED) is 0.516. The molecule has 4 heteroatoms. The van der Waals surface area contributed by atoms with Crippen molar-refractivity contribution in [3.8, 4) is 0 Å². The van der Waals surface area contributed by atoms with Crippen LogP contribution in [-0.2, 0) is 17.8 Å². The van der Waals surface area contributed by atoms with Crippen molar-refractivity contribution < 1.29 is 9.90 Å². The predicted molar refractivity (Wildman–Crippen MR) is 113 cm³/mol. The van der Waals surface area contributed by atoms with Crippen LogP contribution in [0.15, 0.2) is 30.5 Å². The minimum atomic E-state index is -0.701. The van der Waals surface area contributed by atoms with Crippen LogP contribution in [0.2, 0.25) is 0 Å². The number of carboxylic acid groups (broad SMARTS) is 1. The van der Waals surface area contributed by atoms with E-state index in [1.165, 1.54) is 10.9 Å². The first-order chi connectivity index (χ1) is 13.1. The van der Waals surface area contributed by atoms with Crippen LogP contribution in [0.3, 0.4) is 0 Å². The number of fused-ring (bicyclic) bond motifs is 1. The molecule has 2 rings (SSSR count). The van der Waals surface area contributed by atoms with Crippen LogP contribution in [0.4, 0.5) is 0 Å². The van der Waals surface area contributed by atoms with E-state index >= 15 is 0 Å². The molecule has 1 aromatic heterocycles. The molecule has 0 fully saturated rings. The number of para-hydroxylation sites is 1. The van der Waals surface area contributed by atoms with Crippen molar-refractivity contribution in [1.82, 2.24) is 9.47 Å². The lowest BCUT2D eigenvalue weighted by Crippen LogP contribution is -2.43. The number of aliphatic carboxylic acids is 1. The van der Waals surface area contributed by atoms with Crippen LogP contribution in [0.5, 0.6) is 0 Å². The molecule has 1 N–H and O–H groups in total. The summed E-state index contributed by atoms with van der Waals surface area (Å²) >= 11 is 0. The van der Waals surface area contributed by atoms with Crippen LogP contribution in [0.1, 0.15) is 64.9 Å². The molecule has 2 aromatic rings. The Morgan fingerprint density at radius 3 is 2.26 bits per heavy atom. The molecule has 27 heavy (non-hydrogen) atoms. The number of nitrogens with zero attached hydrogens (tertiary/aromatic N) is 2. The molecular formula is C23H36N2O2. The SMILES string of the molecule is CCCCN(CCCC)C(Cc1cn(CCCC)c2ccccc12)C(=O)O. The molecule has 1 unspecified atom stereocenters. The fraction of sp³-hybridized carbons (Fsp3) is 0.609. The van der Waals surface area contributed by atoms with Crippen molar-refractivity contribution in [2.75, 3.05) is 13.1 Å². The maximum absolute atomic E-state index is 12.1. The van der Waals surface area contributed by atoms with Crippen molar-refractivity contribution in [1.29, 1.82) is 0 Å². The Morgan fingerprint density at radius 2 is 1.67 bits per heavy atom. The first-order valence-corrected chi connectivity index (χ1v) is 10.7. The van der Waals surface area contributed by atoms with E-state index in [-0.39, 0.29) is 0 Å². The third kappa shape index (κ3) is 5.83. The number of aryl methyl sites for hydroxylation is 1. The average Bonchev–Trinajstić information content (AvgIpc) is 3.02. The monoisotopic (exact) mass is 372 g/mol. The van der Waals surface area contributed by atoms with Crippen molar-refractivity contribution in [3.63, 3.8) is 0 Å². The molecule has 0 radical (unpaired) electrons. The number of hydrogen-bond donors (Lipinski definition) is 1. The van der Waals surface area contributed by atoms with Gasteiger partial charge in [-0.05, 0) is 44.0 Å². The third-order valence-corrected chi connectivity index (χ3v) is 5.36. The van der Waals surface area contributed by atoms with Gasteiger partial charge in [0.25, 0.3) is 0 Å². The largest absolute Gasteiger partial charge is 0.480 e. The summed E-state index contributed by atoms with van der Waals surface area (Å²) in [4.78, 5) is 14.3. The third-order valence-electron chi connectivity index (χ3n) is 5.36. The van der Waals surface area contributed by atoms with Gasteiger partial charge >= 0.3 is 5.97 Å². The number of aromatic nitrogens is 1. The number of hydrogen-bond acceptors (Lipinski definition) is 2. The van der Waals surface area contributed by atoms with E-state index in [0.717, 1.165) is 63.7 Å². The second-order valence-electron chi connectivity index (χ2n) is 7.52. The van der Waals surface area contributed by atoms with Gasteiger partial charge in [-0.2, -0.15) is 0 Å². The summed E-state index contributed by atoms with van der Waals surface area (Å²) in [5.74, 6) is -0.701. The van der Waals surface area contributed by atoms with Gasteiger partial charge in [0.05, 0.1) is 0 Å². The Labute approximate surface area is 164 Å². The average molecular weight is 373 g/mol. The van der Waals surface area contributed by atoms with Crippen LogP contribution in [0, 0.1) is 0 Å². The zero-order valence-electron chi connectivity index (χ0n) is 17.3. The van der Waals surface area contributed by atoms with E-state index in [2.05, 4.69) is 60.7 Å². The maximum Gasteiger partial charge on any atom is 0.321 e. The summed E-state index contributed by atoms with van der Waals surface area (Å²) in [6, 6.07) is 7.95. The number of benzene rings is 1. The Morgan fingerprint density at radius 1 is 1.04 bits per heavy atom. The highest BCUT2D eigenvalue weighted by Crippen LogP contribution is 2.24. The molecule has 0 saturated carbocycles. The molecule has 1 aromatic carbocycles. The molecular weight excluding hydrogens is 336 g/mol.